The minimum Gasteiger partial charge on any atom is -0.439 e. The predicted molar refractivity (Wildman–Crippen MR) is 88.5 cm³/mol. The molecular weight excluding hydrogens is 290 g/mol. The highest BCUT2D eigenvalue weighted by atomic mass is 16.5. The number of amides is 1. The molecule has 1 saturated heterocycles. The summed E-state index contributed by atoms with van der Waals surface area (Å²) in [5.74, 6) is 0.721. The monoisotopic (exact) mass is 311 g/mol. The van der Waals surface area contributed by atoms with Crippen LogP contribution in [0.3, 0.4) is 0 Å². The maximum Gasteiger partial charge on any atom is 0.250 e. The highest BCUT2D eigenvalue weighted by Gasteiger charge is 2.12. The third-order valence-corrected chi connectivity index (χ3v) is 3.96. The van der Waals surface area contributed by atoms with Crippen molar-refractivity contribution >= 4 is 5.91 Å². The number of benzene rings is 1. The normalized spacial score (nSPS) is 14.8. The van der Waals surface area contributed by atoms with Gasteiger partial charge in [-0.05, 0) is 62.2 Å². The highest BCUT2D eigenvalue weighted by Crippen LogP contribution is 2.24. The topological polar surface area (TPSA) is 68.5 Å². The number of primary amides is 1. The van der Waals surface area contributed by atoms with Crippen LogP contribution in [0.1, 0.15) is 34.3 Å². The van der Waals surface area contributed by atoms with Gasteiger partial charge in [-0.25, -0.2) is 4.98 Å². The molecule has 2 aromatic rings. The minimum absolute atomic E-state index is 0.372. The first kappa shape index (κ1) is 15.5. The number of ether oxygens (including phenoxy) is 1. The second-order valence-corrected chi connectivity index (χ2v) is 5.99. The van der Waals surface area contributed by atoms with Crippen LogP contribution in [-0.4, -0.2) is 28.9 Å². The zero-order valence-corrected chi connectivity index (χ0v) is 13.3. The molecule has 1 aromatic heterocycles. The maximum absolute atomic E-state index is 11.1. The first-order chi connectivity index (χ1) is 11.1. The van der Waals surface area contributed by atoms with E-state index in [9.17, 15) is 4.79 Å². The van der Waals surface area contributed by atoms with Crippen molar-refractivity contribution in [2.75, 3.05) is 13.1 Å². The fourth-order valence-corrected chi connectivity index (χ4v) is 2.88. The van der Waals surface area contributed by atoms with Gasteiger partial charge in [0.15, 0.2) is 0 Å². The van der Waals surface area contributed by atoms with Gasteiger partial charge in [0, 0.05) is 18.8 Å². The highest BCUT2D eigenvalue weighted by molar-refractivity contribution is 5.92. The summed E-state index contributed by atoms with van der Waals surface area (Å²) in [6.07, 6.45) is 4.00. The molecule has 1 fully saturated rings. The molecule has 2 N–H and O–H groups in total. The van der Waals surface area contributed by atoms with Crippen molar-refractivity contribution in [1.82, 2.24) is 9.88 Å². The first-order valence-electron chi connectivity index (χ1n) is 7.87. The molecule has 0 spiro atoms. The number of carbonyl (C=O) groups is 1. The lowest BCUT2D eigenvalue weighted by molar-refractivity contribution is 0.1000. The molecule has 0 saturated carbocycles. The van der Waals surface area contributed by atoms with Crippen LogP contribution in [0.4, 0.5) is 0 Å². The standard InChI is InChI=1S/C18H21N3O2/c1-13-8-14(12-21-6-2-3-7-21)10-16(9-13)23-17-5-4-15(11-20-17)18(19)22/h4-5,8-11H,2-3,6-7,12H2,1H3,(H2,19,22). The number of aromatic nitrogens is 1. The van der Waals surface area contributed by atoms with E-state index in [-0.39, 0.29) is 0 Å². The van der Waals surface area contributed by atoms with Gasteiger partial charge in [-0.1, -0.05) is 6.07 Å². The van der Waals surface area contributed by atoms with Gasteiger partial charge in [-0.3, -0.25) is 9.69 Å². The van der Waals surface area contributed by atoms with Crippen molar-refractivity contribution < 1.29 is 9.53 Å². The molecule has 0 radical (unpaired) electrons. The molecule has 5 nitrogen and oxygen atoms in total. The van der Waals surface area contributed by atoms with E-state index in [0.29, 0.717) is 11.4 Å². The molecule has 5 heteroatoms. The summed E-state index contributed by atoms with van der Waals surface area (Å²) >= 11 is 0. The van der Waals surface area contributed by atoms with E-state index in [1.54, 1.807) is 12.1 Å². The number of pyridine rings is 1. The van der Waals surface area contributed by atoms with Crippen molar-refractivity contribution in [2.45, 2.75) is 26.3 Å². The van der Waals surface area contributed by atoms with Crippen molar-refractivity contribution in [3.63, 3.8) is 0 Å². The van der Waals surface area contributed by atoms with Crippen LogP contribution in [0.15, 0.2) is 36.5 Å². The average Bonchev–Trinajstić information content (AvgIpc) is 3.00. The SMILES string of the molecule is Cc1cc(CN2CCCC2)cc(Oc2ccc(C(N)=O)cn2)c1. The molecule has 0 atom stereocenters. The first-order valence-corrected chi connectivity index (χ1v) is 7.87. The van der Waals surface area contributed by atoms with Gasteiger partial charge in [0.25, 0.3) is 0 Å². The number of aryl methyl sites for hydroxylation is 1. The molecule has 120 valence electrons. The largest absolute Gasteiger partial charge is 0.439 e. The lowest BCUT2D eigenvalue weighted by Gasteiger charge is -2.16. The van der Waals surface area contributed by atoms with Gasteiger partial charge in [0.2, 0.25) is 11.8 Å². The molecular formula is C18H21N3O2. The quantitative estimate of drug-likeness (QED) is 0.922. The van der Waals surface area contributed by atoms with Crippen LogP contribution in [0.5, 0.6) is 11.6 Å². The van der Waals surface area contributed by atoms with Gasteiger partial charge >= 0.3 is 0 Å². The van der Waals surface area contributed by atoms with Crippen LogP contribution in [-0.2, 0) is 6.54 Å². The Morgan fingerprint density at radius 2 is 2.04 bits per heavy atom. The van der Waals surface area contributed by atoms with Crippen LogP contribution in [0.2, 0.25) is 0 Å². The summed E-state index contributed by atoms with van der Waals surface area (Å²) in [5, 5.41) is 0. The number of likely N-dealkylation sites (tertiary alicyclic amines) is 1. The Hall–Kier alpha value is -2.40. The third-order valence-electron chi connectivity index (χ3n) is 3.96. The minimum atomic E-state index is -0.493. The predicted octanol–water partition coefficient (Wildman–Crippen LogP) is 2.88. The lowest BCUT2D eigenvalue weighted by atomic mass is 10.1. The molecule has 1 aliphatic heterocycles. The van der Waals surface area contributed by atoms with Crippen LogP contribution >= 0.6 is 0 Å². The lowest BCUT2D eigenvalue weighted by Crippen LogP contribution is -2.18. The number of rotatable bonds is 5. The molecule has 1 aliphatic rings. The van der Waals surface area contributed by atoms with Crippen LogP contribution in [0.25, 0.3) is 0 Å². The van der Waals surface area contributed by atoms with Crippen LogP contribution < -0.4 is 10.5 Å². The van der Waals surface area contributed by atoms with Gasteiger partial charge in [-0.15, -0.1) is 0 Å². The van der Waals surface area contributed by atoms with Crippen molar-refractivity contribution in [1.29, 1.82) is 0 Å². The van der Waals surface area contributed by atoms with E-state index in [1.807, 2.05) is 6.07 Å². The number of hydrogen-bond donors (Lipinski definition) is 1. The zero-order valence-electron chi connectivity index (χ0n) is 13.3. The maximum atomic E-state index is 11.1. The molecule has 1 aromatic carbocycles. The fraction of sp³-hybridized carbons (Fsp3) is 0.333. The second kappa shape index (κ2) is 6.79. The van der Waals surface area contributed by atoms with Crippen molar-refractivity contribution in [3.8, 4) is 11.6 Å². The molecule has 0 bridgehead atoms. The van der Waals surface area contributed by atoms with Gasteiger partial charge < -0.3 is 10.5 Å². The van der Waals surface area contributed by atoms with Gasteiger partial charge in [0.1, 0.15) is 5.75 Å². The molecule has 0 unspecified atom stereocenters. The summed E-state index contributed by atoms with van der Waals surface area (Å²) in [4.78, 5) is 17.6. The molecule has 2 heterocycles. The van der Waals surface area contributed by atoms with Gasteiger partial charge in [0.05, 0.1) is 5.56 Å². The van der Waals surface area contributed by atoms with Crippen molar-refractivity contribution in [2.24, 2.45) is 5.73 Å². The molecule has 0 aliphatic carbocycles. The van der Waals surface area contributed by atoms with E-state index in [1.165, 1.54) is 37.7 Å². The summed E-state index contributed by atoms with van der Waals surface area (Å²) < 4.78 is 5.82. The summed E-state index contributed by atoms with van der Waals surface area (Å²) in [6.45, 7) is 5.34. The Morgan fingerprint density at radius 1 is 1.26 bits per heavy atom. The van der Waals surface area contributed by atoms with E-state index < -0.39 is 5.91 Å². The Morgan fingerprint density at radius 3 is 2.70 bits per heavy atom. The number of nitrogens with zero attached hydrogens (tertiary/aromatic N) is 2. The van der Waals surface area contributed by atoms with E-state index in [4.69, 9.17) is 10.5 Å². The smallest absolute Gasteiger partial charge is 0.250 e. The summed E-state index contributed by atoms with van der Waals surface area (Å²) in [6, 6.07) is 9.50. The molecule has 23 heavy (non-hydrogen) atoms. The Labute approximate surface area is 136 Å². The van der Waals surface area contributed by atoms with Gasteiger partial charge in [-0.2, -0.15) is 0 Å². The van der Waals surface area contributed by atoms with E-state index in [0.717, 1.165) is 17.9 Å². The van der Waals surface area contributed by atoms with Crippen molar-refractivity contribution in [3.05, 3.63) is 53.2 Å². The van der Waals surface area contributed by atoms with Crippen LogP contribution in [0, 0.1) is 6.92 Å². The number of carbonyl (C=O) groups excluding carboxylic acids is 1. The Balaban J connectivity index is 1.73. The summed E-state index contributed by atoms with van der Waals surface area (Å²) in [7, 11) is 0. The number of hydrogen-bond acceptors (Lipinski definition) is 4. The summed E-state index contributed by atoms with van der Waals surface area (Å²) in [5.41, 5.74) is 7.98. The zero-order chi connectivity index (χ0) is 16.2. The Kier molecular flexibility index (Phi) is 4.57. The second-order valence-electron chi connectivity index (χ2n) is 5.99. The van der Waals surface area contributed by atoms with E-state index in [2.05, 4.69) is 28.9 Å². The molecule has 3 rings (SSSR count). The fourth-order valence-electron chi connectivity index (χ4n) is 2.88. The molecule has 1 amide bonds. The Bertz CT molecular complexity index is 692. The third kappa shape index (κ3) is 4.07. The number of nitrogens with two attached hydrogens (primary N) is 1. The van der Waals surface area contributed by atoms with E-state index >= 15 is 0 Å². The average molecular weight is 311 g/mol.